The second kappa shape index (κ2) is 9.16. The van der Waals surface area contributed by atoms with Gasteiger partial charge in [-0.2, -0.15) is 0 Å². The second-order valence-corrected chi connectivity index (χ2v) is 9.10. The van der Waals surface area contributed by atoms with Gasteiger partial charge in [-0.25, -0.2) is 9.67 Å². The minimum absolute atomic E-state index is 0.0299. The molecule has 1 saturated carbocycles. The lowest BCUT2D eigenvalue weighted by Crippen LogP contribution is -2.34. The second-order valence-electron chi connectivity index (χ2n) is 9.10. The van der Waals surface area contributed by atoms with Crippen molar-refractivity contribution >= 4 is 11.8 Å². The number of esters is 1. The van der Waals surface area contributed by atoms with Crippen molar-refractivity contribution in [1.82, 2.24) is 20.0 Å². The van der Waals surface area contributed by atoms with E-state index in [9.17, 15) is 9.59 Å². The summed E-state index contributed by atoms with van der Waals surface area (Å²) in [5, 5.41) is 8.13. The van der Waals surface area contributed by atoms with Crippen LogP contribution in [-0.4, -0.2) is 43.4 Å². The molecule has 31 heavy (non-hydrogen) atoms. The van der Waals surface area contributed by atoms with Crippen LogP contribution in [-0.2, 0) is 16.6 Å². The first-order valence-electron chi connectivity index (χ1n) is 10.9. The van der Waals surface area contributed by atoms with Crippen molar-refractivity contribution in [3.05, 3.63) is 23.5 Å². The van der Waals surface area contributed by atoms with Gasteiger partial charge in [-0.1, -0.05) is 12.1 Å². The molecule has 0 bridgehead atoms. The summed E-state index contributed by atoms with van der Waals surface area (Å²) < 4.78 is 13.3. The fourth-order valence-corrected chi connectivity index (χ4v) is 3.85. The number of nitrogens with zero attached hydrogens (tertiary/aromatic N) is 4. The number of hydrogen-bond donors (Lipinski definition) is 0. The van der Waals surface area contributed by atoms with E-state index in [0.717, 1.165) is 19.3 Å². The molecule has 8 heteroatoms. The fourth-order valence-electron chi connectivity index (χ4n) is 3.85. The molecular formula is C23H32N4O4. The first-order chi connectivity index (χ1) is 14.6. The highest BCUT2D eigenvalue weighted by Crippen LogP contribution is 2.31. The van der Waals surface area contributed by atoms with E-state index in [4.69, 9.17) is 9.47 Å². The van der Waals surface area contributed by atoms with Gasteiger partial charge in [-0.05, 0) is 65.5 Å². The van der Waals surface area contributed by atoms with Crippen LogP contribution in [0.5, 0.6) is 5.75 Å². The Balaban J connectivity index is 1.73. The molecule has 0 unspecified atom stereocenters. The Labute approximate surface area is 183 Å². The van der Waals surface area contributed by atoms with Crippen LogP contribution >= 0.6 is 0 Å². The summed E-state index contributed by atoms with van der Waals surface area (Å²) in [4.78, 5) is 29.4. The zero-order valence-corrected chi connectivity index (χ0v) is 19.3. The smallest absolute Gasteiger partial charge is 0.309 e. The van der Waals surface area contributed by atoms with Gasteiger partial charge in [0.25, 0.3) is 0 Å². The van der Waals surface area contributed by atoms with Crippen molar-refractivity contribution in [2.24, 2.45) is 13.0 Å². The number of carbonyl (C=O) groups is 2. The Morgan fingerprint density at radius 1 is 1.23 bits per heavy atom. The van der Waals surface area contributed by atoms with E-state index in [0.29, 0.717) is 41.4 Å². The molecule has 3 rings (SSSR count). The van der Waals surface area contributed by atoms with Gasteiger partial charge in [0.2, 0.25) is 0 Å². The zero-order valence-electron chi connectivity index (χ0n) is 19.3. The highest BCUT2D eigenvalue weighted by Gasteiger charge is 2.32. The lowest BCUT2D eigenvalue weighted by Gasteiger charge is -2.30. The molecule has 2 atom stereocenters. The molecular weight excluding hydrogens is 396 g/mol. The van der Waals surface area contributed by atoms with Gasteiger partial charge in [-0.15, -0.1) is 5.10 Å². The number of rotatable bonds is 6. The predicted molar refractivity (Wildman–Crippen MR) is 116 cm³/mol. The van der Waals surface area contributed by atoms with E-state index in [1.54, 1.807) is 13.1 Å². The summed E-state index contributed by atoms with van der Waals surface area (Å²) in [6.45, 7) is 9.33. The molecule has 2 aromatic heterocycles. The minimum Gasteiger partial charge on any atom is -0.489 e. The molecule has 2 aromatic rings. The first kappa shape index (κ1) is 22.9. The van der Waals surface area contributed by atoms with Crippen LogP contribution in [0.2, 0.25) is 0 Å². The number of ketones is 1. The number of ether oxygens (including phenoxy) is 2. The average Bonchev–Trinajstić information content (AvgIpc) is 3.09. The third-order valence-electron chi connectivity index (χ3n) is 5.35. The number of aryl methyl sites for hydroxylation is 2. The molecule has 0 radical (unpaired) electrons. The minimum atomic E-state index is -0.487. The molecule has 1 aliphatic carbocycles. The normalized spacial score (nSPS) is 19.2. The predicted octanol–water partition coefficient (Wildman–Crippen LogP) is 4.06. The van der Waals surface area contributed by atoms with Crippen molar-refractivity contribution in [3.8, 4) is 17.1 Å². The summed E-state index contributed by atoms with van der Waals surface area (Å²) in [6.07, 6.45) is 3.57. The van der Waals surface area contributed by atoms with Gasteiger partial charge >= 0.3 is 5.97 Å². The largest absolute Gasteiger partial charge is 0.489 e. The molecule has 2 heterocycles. The van der Waals surface area contributed by atoms with Crippen molar-refractivity contribution < 1.29 is 19.1 Å². The molecule has 0 amide bonds. The maximum Gasteiger partial charge on any atom is 0.309 e. The molecule has 0 aliphatic heterocycles. The number of carbonyl (C=O) groups excluding carboxylic acids is 2. The number of Topliss-reactive ketones (excluding diaryl/α,β-unsaturated/α-hetero) is 1. The van der Waals surface area contributed by atoms with Crippen LogP contribution in [0, 0.1) is 12.8 Å². The van der Waals surface area contributed by atoms with Crippen LogP contribution in [0.3, 0.4) is 0 Å². The molecule has 0 spiro atoms. The van der Waals surface area contributed by atoms with Gasteiger partial charge in [0.15, 0.2) is 5.78 Å². The fraction of sp³-hybridized carbons (Fsp3) is 0.609. The molecule has 1 fully saturated rings. The maximum absolute atomic E-state index is 12.5. The van der Waals surface area contributed by atoms with Crippen LogP contribution in [0.25, 0.3) is 11.4 Å². The highest BCUT2D eigenvalue weighted by molar-refractivity contribution is 5.99. The molecule has 168 valence electrons. The topological polar surface area (TPSA) is 96.2 Å². The van der Waals surface area contributed by atoms with Crippen LogP contribution in [0.1, 0.15) is 76.0 Å². The van der Waals surface area contributed by atoms with E-state index in [1.807, 2.05) is 40.7 Å². The summed E-state index contributed by atoms with van der Waals surface area (Å²) >= 11 is 0. The number of pyridine rings is 1. The standard InChI is InChI=1S/C23H32N4O4/c1-7-18(28)21-20(25-26-27(21)6)17-11-12-19(14(2)24-17)30-16-10-8-9-15(13-16)22(29)31-23(3,4)5/h11-12,15-16H,7-10,13H2,1-6H3/t15-,16-/m0/s1. The van der Waals surface area contributed by atoms with E-state index in [2.05, 4.69) is 15.3 Å². The quantitative estimate of drug-likeness (QED) is 0.506. The Morgan fingerprint density at radius 2 is 1.97 bits per heavy atom. The highest BCUT2D eigenvalue weighted by atomic mass is 16.6. The Kier molecular flexibility index (Phi) is 6.77. The average molecular weight is 429 g/mol. The van der Waals surface area contributed by atoms with Crippen molar-refractivity contribution in [1.29, 1.82) is 0 Å². The van der Waals surface area contributed by atoms with E-state index >= 15 is 0 Å². The third kappa shape index (κ3) is 5.48. The Morgan fingerprint density at radius 3 is 2.61 bits per heavy atom. The van der Waals surface area contributed by atoms with Gasteiger partial charge in [0, 0.05) is 13.5 Å². The van der Waals surface area contributed by atoms with Crippen LogP contribution in [0.4, 0.5) is 0 Å². The molecule has 0 N–H and O–H groups in total. The first-order valence-corrected chi connectivity index (χ1v) is 10.9. The Hall–Kier alpha value is -2.77. The number of aromatic nitrogens is 4. The van der Waals surface area contributed by atoms with Crippen molar-refractivity contribution in [3.63, 3.8) is 0 Å². The molecule has 1 aliphatic rings. The van der Waals surface area contributed by atoms with E-state index < -0.39 is 5.60 Å². The molecule has 8 nitrogen and oxygen atoms in total. The molecule has 0 aromatic carbocycles. The van der Waals surface area contributed by atoms with E-state index in [-0.39, 0.29) is 23.8 Å². The summed E-state index contributed by atoms with van der Waals surface area (Å²) in [6, 6.07) is 3.65. The monoisotopic (exact) mass is 428 g/mol. The zero-order chi connectivity index (χ0) is 22.8. The van der Waals surface area contributed by atoms with Crippen LogP contribution < -0.4 is 4.74 Å². The lowest BCUT2D eigenvalue weighted by molar-refractivity contribution is -0.162. The van der Waals surface area contributed by atoms with Gasteiger partial charge < -0.3 is 9.47 Å². The lowest BCUT2D eigenvalue weighted by atomic mass is 9.87. The third-order valence-corrected chi connectivity index (χ3v) is 5.35. The van der Waals surface area contributed by atoms with Crippen molar-refractivity contribution in [2.75, 3.05) is 0 Å². The van der Waals surface area contributed by atoms with E-state index in [1.165, 1.54) is 4.68 Å². The number of hydrogen-bond acceptors (Lipinski definition) is 7. The summed E-state index contributed by atoms with van der Waals surface area (Å²) in [7, 11) is 1.70. The summed E-state index contributed by atoms with van der Waals surface area (Å²) in [5.74, 6) is 0.345. The van der Waals surface area contributed by atoms with Crippen molar-refractivity contribution in [2.45, 2.75) is 78.4 Å². The van der Waals surface area contributed by atoms with Gasteiger partial charge in [0.05, 0.1) is 23.4 Å². The molecule has 0 saturated heterocycles. The SMILES string of the molecule is CCC(=O)c1c(-c2ccc(O[C@H]3CCC[C@H](C(=O)OC(C)(C)C)C3)c(C)n2)nnn1C. The summed E-state index contributed by atoms with van der Waals surface area (Å²) in [5.41, 5.74) is 1.74. The maximum atomic E-state index is 12.5. The Bertz CT molecular complexity index is 961. The van der Waals surface area contributed by atoms with Crippen LogP contribution in [0.15, 0.2) is 12.1 Å². The van der Waals surface area contributed by atoms with Gasteiger partial charge in [0.1, 0.15) is 22.7 Å². The van der Waals surface area contributed by atoms with Gasteiger partial charge in [-0.3, -0.25) is 9.59 Å².